The van der Waals surface area contributed by atoms with Crippen molar-refractivity contribution in [1.29, 1.82) is 0 Å². The van der Waals surface area contributed by atoms with Gasteiger partial charge in [-0.05, 0) is 32.1 Å². The fourth-order valence-corrected chi connectivity index (χ4v) is 4.17. The average Bonchev–Trinajstić information content (AvgIpc) is 3.39. The Morgan fingerprint density at radius 1 is 0.738 bits per heavy atom. The van der Waals surface area contributed by atoms with Gasteiger partial charge in [-0.25, -0.2) is 4.79 Å². The summed E-state index contributed by atoms with van der Waals surface area (Å²) in [6.07, 6.45) is -1.06. The zero-order valence-corrected chi connectivity index (χ0v) is 23.2. The van der Waals surface area contributed by atoms with Crippen molar-refractivity contribution in [3.8, 4) is 0 Å². The SMILES string of the molecule is CC(=O)N[C@@H](CCC(N)=O)C(=O)N[C@@H](CCC(N)=O)C(=O)N[C@@H](CCC(N)=O)C(=O)NCC(=O)N1CCC[C@H]1C(=O)O. The maximum atomic E-state index is 13.2. The molecule has 0 radical (unpaired) electrons. The second kappa shape index (κ2) is 17.1. The van der Waals surface area contributed by atoms with Crippen LogP contribution in [0.2, 0.25) is 0 Å². The van der Waals surface area contributed by atoms with Crippen LogP contribution in [-0.4, -0.2) is 100 Å². The third-order valence-corrected chi connectivity index (χ3v) is 6.27. The van der Waals surface area contributed by atoms with Crippen molar-refractivity contribution in [3.63, 3.8) is 0 Å². The van der Waals surface area contributed by atoms with Crippen LogP contribution in [0.4, 0.5) is 0 Å². The van der Waals surface area contributed by atoms with Crippen molar-refractivity contribution in [2.45, 2.75) is 82.5 Å². The lowest BCUT2D eigenvalue weighted by Gasteiger charge is -2.25. The number of nitrogens with two attached hydrogens (primary N) is 3. The van der Waals surface area contributed by atoms with Crippen molar-refractivity contribution in [3.05, 3.63) is 0 Å². The van der Waals surface area contributed by atoms with E-state index in [0.717, 1.165) is 11.8 Å². The molecule has 4 atom stereocenters. The highest BCUT2D eigenvalue weighted by molar-refractivity contribution is 5.96. The molecule has 18 heteroatoms. The molecule has 0 saturated carbocycles. The van der Waals surface area contributed by atoms with Crippen molar-refractivity contribution in [2.24, 2.45) is 17.2 Å². The highest BCUT2D eigenvalue weighted by Gasteiger charge is 2.35. The van der Waals surface area contributed by atoms with Gasteiger partial charge in [0.1, 0.15) is 24.2 Å². The Morgan fingerprint density at radius 3 is 1.57 bits per heavy atom. The van der Waals surface area contributed by atoms with Gasteiger partial charge in [-0.1, -0.05) is 0 Å². The van der Waals surface area contributed by atoms with Crippen LogP contribution in [0.15, 0.2) is 0 Å². The number of hydrogen-bond acceptors (Lipinski definition) is 9. The van der Waals surface area contributed by atoms with Crippen molar-refractivity contribution in [2.75, 3.05) is 13.1 Å². The summed E-state index contributed by atoms with van der Waals surface area (Å²) < 4.78 is 0. The number of rotatable bonds is 18. The number of carbonyl (C=O) groups is 9. The van der Waals surface area contributed by atoms with Gasteiger partial charge in [0.15, 0.2) is 0 Å². The molecule has 0 bridgehead atoms. The largest absolute Gasteiger partial charge is 0.480 e. The van der Waals surface area contributed by atoms with E-state index in [1.54, 1.807) is 0 Å². The van der Waals surface area contributed by atoms with Gasteiger partial charge in [0.05, 0.1) is 6.54 Å². The molecule has 1 fully saturated rings. The van der Waals surface area contributed by atoms with Crippen molar-refractivity contribution in [1.82, 2.24) is 26.2 Å². The summed E-state index contributed by atoms with van der Waals surface area (Å²) in [5, 5.41) is 18.6. The molecule has 1 rings (SSSR count). The maximum absolute atomic E-state index is 13.2. The number of hydrogen-bond donors (Lipinski definition) is 8. The summed E-state index contributed by atoms with van der Waals surface area (Å²) in [4.78, 5) is 109. The van der Waals surface area contributed by atoms with E-state index in [4.69, 9.17) is 17.2 Å². The van der Waals surface area contributed by atoms with Gasteiger partial charge in [0.25, 0.3) is 0 Å². The Balaban J connectivity index is 3.03. The predicted octanol–water partition coefficient (Wildman–Crippen LogP) is -4.55. The molecule has 42 heavy (non-hydrogen) atoms. The first-order valence-corrected chi connectivity index (χ1v) is 13.1. The van der Waals surface area contributed by atoms with Crippen LogP contribution >= 0.6 is 0 Å². The zero-order chi connectivity index (χ0) is 32.0. The van der Waals surface area contributed by atoms with E-state index < -0.39 is 83.9 Å². The highest BCUT2D eigenvalue weighted by Crippen LogP contribution is 2.17. The van der Waals surface area contributed by atoms with Crippen LogP contribution in [-0.2, 0) is 43.2 Å². The van der Waals surface area contributed by atoms with Crippen LogP contribution in [0.3, 0.4) is 0 Å². The molecule has 0 aromatic heterocycles. The quantitative estimate of drug-likeness (QED) is 0.0747. The fraction of sp³-hybridized carbons (Fsp3) is 0.625. The highest BCUT2D eigenvalue weighted by atomic mass is 16.4. The van der Waals surface area contributed by atoms with Gasteiger partial charge >= 0.3 is 5.97 Å². The monoisotopic (exact) mass is 598 g/mol. The van der Waals surface area contributed by atoms with Gasteiger partial charge < -0.3 is 48.5 Å². The van der Waals surface area contributed by atoms with Gasteiger partial charge in [-0.2, -0.15) is 0 Å². The van der Waals surface area contributed by atoms with Crippen molar-refractivity contribution >= 4 is 53.2 Å². The molecule has 11 N–H and O–H groups in total. The molecule has 0 unspecified atom stereocenters. The molecule has 8 amide bonds. The molecule has 0 aromatic carbocycles. The molecule has 1 heterocycles. The third-order valence-electron chi connectivity index (χ3n) is 6.27. The summed E-state index contributed by atoms with van der Waals surface area (Å²) in [5.41, 5.74) is 15.5. The minimum atomic E-state index is -1.46. The van der Waals surface area contributed by atoms with Gasteiger partial charge in [0, 0.05) is 32.7 Å². The third kappa shape index (κ3) is 12.6. The van der Waals surface area contributed by atoms with Crippen LogP contribution in [0, 0.1) is 0 Å². The molecule has 0 spiro atoms. The van der Waals surface area contributed by atoms with Crippen LogP contribution in [0.1, 0.15) is 58.3 Å². The first-order chi connectivity index (χ1) is 19.6. The number of carbonyl (C=O) groups excluding carboxylic acids is 8. The predicted molar refractivity (Wildman–Crippen MR) is 142 cm³/mol. The molecule has 18 nitrogen and oxygen atoms in total. The standard InChI is InChI=1S/C24H38N8O10/c1-12(33)29-14(5-8-18(26)35)22(39)31-15(6-9-19(27)36)23(40)30-13(4-7-17(25)34)21(38)28-11-20(37)32-10-2-3-16(32)24(41)42/h13-16H,2-11H2,1H3,(H2,25,34)(H2,26,35)(H2,27,36)(H,28,38)(H,29,33)(H,30,40)(H,31,39)(H,41,42)/t13-,14-,15-,16-/m0/s1. The molecule has 0 aromatic rings. The van der Waals surface area contributed by atoms with E-state index in [2.05, 4.69) is 21.3 Å². The minimum Gasteiger partial charge on any atom is -0.480 e. The van der Waals surface area contributed by atoms with Crippen LogP contribution in [0.25, 0.3) is 0 Å². The van der Waals surface area contributed by atoms with Gasteiger partial charge in [-0.3, -0.25) is 38.4 Å². The van der Waals surface area contributed by atoms with Crippen LogP contribution < -0.4 is 38.5 Å². The number of aliphatic carboxylic acids is 1. The van der Waals surface area contributed by atoms with E-state index in [1.807, 2.05) is 0 Å². The Bertz CT molecular complexity index is 1080. The summed E-state index contributed by atoms with van der Waals surface area (Å²) >= 11 is 0. The van der Waals surface area contributed by atoms with E-state index in [1.165, 1.54) is 0 Å². The number of nitrogens with zero attached hydrogens (tertiary/aromatic N) is 1. The molecule has 234 valence electrons. The summed E-state index contributed by atoms with van der Waals surface area (Å²) in [7, 11) is 0. The molecule has 1 aliphatic heterocycles. The van der Waals surface area contributed by atoms with Crippen molar-refractivity contribution < 1.29 is 48.3 Å². The number of primary amides is 3. The first kappa shape index (κ1) is 35.3. The second-order valence-corrected chi connectivity index (χ2v) is 9.69. The minimum absolute atomic E-state index is 0.188. The second-order valence-electron chi connectivity index (χ2n) is 9.69. The normalized spacial score (nSPS) is 16.3. The van der Waals surface area contributed by atoms with E-state index in [-0.39, 0.29) is 51.5 Å². The summed E-state index contributed by atoms with van der Waals surface area (Å²) in [5.74, 6) is -7.58. The first-order valence-electron chi connectivity index (χ1n) is 13.1. The van der Waals surface area contributed by atoms with Gasteiger partial charge in [-0.15, -0.1) is 0 Å². The number of carboxylic acid groups (broad SMARTS) is 1. The lowest BCUT2D eigenvalue weighted by atomic mass is 10.1. The number of amides is 8. The maximum Gasteiger partial charge on any atom is 0.326 e. The Labute approximate surface area is 240 Å². The lowest BCUT2D eigenvalue weighted by molar-refractivity contribution is -0.148. The van der Waals surface area contributed by atoms with E-state index in [0.29, 0.717) is 6.42 Å². The summed E-state index contributed by atoms with van der Waals surface area (Å²) in [6, 6.07) is -5.18. The topological polar surface area (TPSA) is 303 Å². The number of nitrogens with one attached hydrogen (secondary N) is 4. The van der Waals surface area contributed by atoms with Gasteiger partial charge in [0.2, 0.25) is 47.3 Å². The Kier molecular flexibility index (Phi) is 14.4. The number of carboxylic acids is 1. The molecular formula is C24H38N8O10. The average molecular weight is 599 g/mol. The molecule has 1 saturated heterocycles. The number of likely N-dealkylation sites (tertiary alicyclic amines) is 1. The molecular weight excluding hydrogens is 560 g/mol. The molecule has 0 aliphatic carbocycles. The smallest absolute Gasteiger partial charge is 0.326 e. The van der Waals surface area contributed by atoms with E-state index in [9.17, 15) is 48.3 Å². The van der Waals surface area contributed by atoms with E-state index >= 15 is 0 Å². The van der Waals surface area contributed by atoms with Crippen LogP contribution in [0.5, 0.6) is 0 Å². The fourth-order valence-electron chi connectivity index (χ4n) is 4.17. The molecule has 1 aliphatic rings. The Morgan fingerprint density at radius 2 is 1.17 bits per heavy atom. The summed E-state index contributed by atoms with van der Waals surface area (Å²) in [6.45, 7) is 0.722. The zero-order valence-electron chi connectivity index (χ0n) is 23.2. The Hall–Kier alpha value is -4.77. The lowest BCUT2D eigenvalue weighted by Crippen LogP contribution is -2.57.